The van der Waals surface area contributed by atoms with Crippen molar-refractivity contribution in [3.63, 3.8) is 0 Å². The normalized spacial score (nSPS) is 14.1. The van der Waals surface area contributed by atoms with Crippen LogP contribution < -0.4 is 20.9 Å². The summed E-state index contributed by atoms with van der Waals surface area (Å²) in [6, 6.07) is 9.84. The van der Waals surface area contributed by atoms with Crippen LogP contribution in [0.25, 0.3) is 0 Å². The van der Waals surface area contributed by atoms with E-state index in [2.05, 4.69) is 27.8 Å². The molecule has 0 bridgehead atoms. The smallest absolute Gasteiger partial charge is 0.323 e. The summed E-state index contributed by atoms with van der Waals surface area (Å²) in [7, 11) is 0. The fourth-order valence-corrected chi connectivity index (χ4v) is 4.10. The molecule has 2 aromatic carbocycles. The van der Waals surface area contributed by atoms with E-state index in [0.29, 0.717) is 52.7 Å². The van der Waals surface area contributed by atoms with Gasteiger partial charge in [-0.25, -0.2) is 4.79 Å². The number of benzene rings is 2. The molecule has 0 spiro atoms. The van der Waals surface area contributed by atoms with E-state index in [1.165, 1.54) is 0 Å². The number of hydrogen-bond acceptors (Lipinski definition) is 4. The predicted octanol–water partition coefficient (Wildman–Crippen LogP) is 6.03. The molecule has 184 valence electrons. The lowest BCUT2D eigenvalue weighted by Crippen LogP contribution is -2.35. The number of carbonyl (C=O) groups is 2. The van der Waals surface area contributed by atoms with Gasteiger partial charge in [0.15, 0.2) is 0 Å². The molecule has 3 N–H and O–H groups in total. The van der Waals surface area contributed by atoms with E-state index >= 15 is 0 Å². The third-order valence-electron chi connectivity index (χ3n) is 5.76. The summed E-state index contributed by atoms with van der Waals surface area (Å²) >= 11 is 12.0. The number of ether oxygens (including phenoxy) is 1. The summed E-state index contributed by atoms with van der Waals surface area (Å²) in [5.74, 6) is 0.511. The van der Waals surface area contributed by atoms with Gasteiger partial charge in [0.1, 0.15) is 0 Å². The monoisotopic (exact) mass is 506 g/mol. The Balaban J connectivity index is 1.73. The molecule has 3 rings (SSSR count). The molecule has 0 aromatic heterocycles. The van der Waals surface area contributed by atoms with Crippen molar-refractivity contribution in [1.82, 2.24) is 5.32 Å². The lowest BCUT2D eigenvalue weighted by molar-refractivity contribution is 0.0944. The maximum atomic E-state index is 13.1. The van der Waals surface area contributed by atoms with E-state index in [1.807, 2.05) is 19.1 Å². The molecule has 1 heterocycles. The van der Waals surface area contributed by atoms with Crippen molar-refractivity contribution in [2.24, 2.45) is 5.92 Å². The van der Waals surface area contributed by atoms with Gasteiger partial charge in [-0.3, -0.25) is 4.79 Å². The quantitative estimate of drug-likeness (QED) is 0.362. The topological polar surface area (TPSA) is 82.7 Å². The molecule has 0 aliphatic carbocycles. The van der Waals surface area contributed by atoms with Crippen LogP contribution in [0.5, 0.6) is 0 Å². The first kappa shape index (κ1) is 26.1. The number of halogens is 2. The third-order valence-corrected chi connectivity index (χ3v) is 6.49. The second-order valence-corrected chi connectivity index (χ2v) is 9.23. The van der Waals surface area contributed by atoms with Gasteiger partial charge in [-0.15, -0.1) is 0 Å². The zero-order valence-electron chi connectivity index (χ0n) is 19.6. The van der Waals surface area contributed by atoms with Crippen molar-refractivity contribution in [1.29, 1.82) is 0 Å². The lowest BCUT2D eigenvalue weighted by Gasteiger charge is -2.33. The van der Waals surface area contributed by atoms with Crippen molar-refractivity contribution < 1.29 is 14.3 Å². The number of hydrogen-bond donors (Lipinski definition) is 3. The first-order valence-corrected chi connectivity index (χ1v) is 12.4. The number of amides is 3. The second kappa shape index (κ2) is 12.8. The van der Waals surface area contributed by atoms with Crippen LogP contribution in [0.4, 0.5) is 21.9 Å². The number of carbonyl (C=O) groups excluding carboxylic acids is 2. The van der Waals surface area contributed by atoms with Crippen molar-refractivity contribution in [2.75, 3.05) is 48.4 Å². The van der Waals surface area contributed by atoms with Gasteiger partial charge in [0, 0.05) is 49.9 Å². The molecule has 0 saturated carbocycles. The minimum absolute atomic E-state index is 0.168. The van der Waals surface area contributed by atoms with Crippen LogP contribution in [-0.2, 0) is 4.74 Å². The minimum atomic E-state index is -0.444. The first-order valence-electron chi connectivity index (χ1n) is 11.7. The van der Waals surface area contributed by atoms with Crippen molar-refractivity contribution >= 4 is 52.2 Å². The summed E-state index contributed by atoms with van der Waals surface area (Å²) < 4.78 is 5.35. The molecule has 34 heavy (non-hydrogen) atoms. The largest absolute Gasteiger partial charge is 0.382 e. The van der Waals surface area contributed by atoms with Gasteiger partial charge in [-0.2, -0.15) is 0 Å². The Morgan fingerprint density at radius 3 is 2.38 bits per heavy atom. The highest BCUT2D eigenvalue weighted by molar-refractivity contribution is 6.42. The predicted molar refractivity (Wildman–Crippen MR) is 140 cm³/mol. The summed E-state index contributed by atoms with van der Waals surface area (Å²) in [5.41, 5.74) is 2.45. The highest BCUT2D eigenvalue weighted by Crippen LogP contribution is 2.29. The molecule has 1 aliphatic rings. The van der Waals surface area contributed by atoms with Crippen molar-refractivity contribution in [3.8, 4) is 0 Å². The molecule has 2 aromatic rings. The molecule has 1 saturated heterocycles. The number of urea groups is 1. The fourth-order valence-electron chi connectivity index (χ4n) is 3.80. The minimum Gasteiger partial charge on any atom is -0.382 e. The van der Waals surface area contributed by atoms with E-state index in [1.54, 1.807) is 24.3 Å². The number of nitrogens with zero attached hydrogens (tertiary/aromatic N) is 1. The van der Waals surface area contributed by atoms with Crippen molar-refractivity contribution in [2.45, 2.75) is 33.1 Å². The number of piperidine rings is 1. The average molecular weight is 507 g/mol. The number of anilines is 3. The second-order valence-electron chi connectivity index (χ2n) is 8.42. The molecule has 9 heteroatoms. The Kier molecular flexibility index (Phi) is 9.86. The Bertz CT molecular complexity index is 994. The van der Waals surface area contributed by atoms with E-state index in [0.717, 1.165) is 38.0 Å². The zero-order valence-corrected chi connectivity index (χ0v) is 21.1. The van der Waals surface area contributed by atoms with Crippen LogP contribution in [0.3, 0.4) is 0 Å². The number of rotatable bonds is 9. The Morgan fingerprint density at radius 1 is 1.03 bits per heavy atom. The van der Waals surface area contributed by atoms with E-state index in [-0.39, 0.29) is 5.91 Å². The van der Waals surface area contributed by atoms with Crippen molar-refractivity contribution in [3.05, 3.63) is 52.0 Å². The highest BCUT2D eigenvalue weighted by atomic mass is 35.5. The summed E-state index contributed by atoms with van der Waals surface area (Å²) in [6.45, 7) is 7.77. The molecule has 1 fully saturated rings. The van der Waals surface area contributed by atoms with Crippen LogP contribution in [-0.4, -0.2) is 44.8 Å². The van der Waals surface area contributed by atoms with Gasteiger partial charge in [0.05, 0.1) is 15.6 Å². The summed E-state index contributed by atoms with van der Waals surface area (Å²) in [6.07, 6.45) is 2.91. The molecule has 1 aliphatic heterocycles. The highest BCUT2D eigenvalue weighted by Gasteiger charge is 2.22. The molecule has 3 amide bonds. The standard InChI is InChI=1S/C25H32Cl2N4O3/c1-3-34-14-4-11-28-24(32)20-15-18(6-8-23(20)31-12-9-17(2)10-13-31)29-25(33)30-19-5-7-21(26)22(27)16-19/h5-8,15-17H,3-4,9-14H2,1-2H3,(H,28,32)(H2,29,30,33). The van der Waals surface area contributed by atoms with E-state index < -0.39 is 6.03 Å². The fraction of sp³-hybridized carbons (Fsp3) is 0.440. The summed E-state index contributed by atoms with van der Waals surface area (Å²) in [5, 5.41) is 9.26. The molecular formula is C25H32Cl2N4O3. The molecular weight excluding hydrogens is 475 g/mol. The van der Waals surface area contributed by atoms with Gasteiger partial charge in [-0.1, -0.05) is 30.1 Å². The SMILES string of the molecule is CCOCCCNC(=O)c1cc(NC(=O)Nc2ccc(Cl)c(Cl)c2)ccc1N1CCC(C)CC1. The van der Waals surface area contributed by atoms with Gasteiger partial charge in [-0.05, 0) is 68.5 Å². The van der Waals surface area contributed by atoms with Gasteiger partial charge in [0.2, 0.25) is 0 Å². The third kappa shape index (κ3) is 7.52. The van der Waals surface area contributed by atoms with Crippen LogP contribution >= 0.6 is 23.2 Å². The van der Waals surface area contributed by atoms with E-state index in [9.17, 15) is 9.59 Å². The summed E-state index contributed by atoms with van der Waals surface area (Å²) in [4.78, 5) is 27.8. The molecule has 0 unspecified atom stereocenters. The average Bonchev–Trinajstić information content (AvgIpc) is 2.82. The van der Waals surface area contributed by atoms with Crippen LogP contribution in [0.15, 0.2) is 36.4 Å². The van der Waals surface area contributed by atoms with E-state index in [4.69, 9.17) is 27.9 Å². The number of nitrogens with one attached hydrogen (secondary N) is 3. The molecule has 0 atom stereocenters. The molecule has 7 nitrogen and oxygen atoms in total. The molecule has 0 radical (unpaired) electrons. The van der Waals surface area contributed by atoms with Gasteiger partial charge in [0.25, 0.3) is 5.91 Å². The Morgan fingerprint density at radius 2 is 1.71 bits per heavy atom. The maximum Gasteiger partial charge on any atom is 0.323 e. The maximum absolute atomic E-state index is 13.1. The van der Waals surface area contributed by atoms with Crippen LogP contribution in [0.2, 0.25) is 10.0 Å². The lowest BCUT2D eigenvalue weighted by atomic mass is 9.98. The first-order chi connectivity index (χ1) is 16.4. The van der Waals surface area contributed by atoms with Crippen LogP contribution in [0.1, 0.15) is 43.5 Å². The van der Waals surface area contributed by atoms with Gasteiger partial charge >= 0.3 is 6.03 Å². The van der Waals surface area contributed by atoms with Crippen LogP contribution in [0, 0.1) is 5.92 Å². The zero-order chi connectivity index (χ0) is 24.5. The Labute approximate surface area is 211 Å². The van der Waals surface area contributed by atoms with Gasteiger partial charge < -0.3 is 25.6 Å². The Hall–Kier alpha value is -2.48.